The van der Waals surface area contributed by atoms with Crippen LogP contribution in [-0.2, 0) is 4.79 Å². The number of ether oxygens (including phenoxy) is 1. The largest absolute Gasteiger partial charge is 0.482 e. The van der Waals surface area contributed by atoms with Crippen molar-refractivity contribution in [1.82, 2.24) is 4.90 Å². The maximum absolute atomic E-state index is 12.7. The minimum absolute atomic E-state index is 0.0203. The summed E-state index contributed by atoms with van der Waals surface area (Å²) in [7, 11) is 0. The lowest BCUT2D eigenvalue weighted by Crippen LogP contribution is -2.48. The molecule has 1 aliphatic rings. The smallest absolute Gasteiger partial charge is 0.262 e. The van der Waals surface area contributed by atoms with E-state index in [0.29, 0.717) is 35.1 Å². The van der Waals surface area contributed by atoms with Crippen molar-refractivity contribution in [2.24, 2.45) is 0 Å². The summed E-state index contributed by atoms with van der Waals surface area (Å²) in [6, 6.07) is 18.5. The first kappa shape index (κ1) is 25.5. The van der Waals surface area contributed by atoms with Gasteiger partial charge in [-0.15, -0.1) is 0 Å². The van der Waals surface area contributed by atoms with E-state index in [2.05, 4.69) is 42.1 Å². The fraction of sp³-hybridized carbons (Fsp3) is 0.231. The van der Waals surface area contributed by atoms with Gasteiger partial charge in [0.25, 0.3) is 11.8 Å². The molecule has 3 aromatic carbocycles. The van der Waals surface area contributed by atoms with Crippen molar-refractivity contribution in [2.45, 2.75) is 6.92 Å². The average Bonchev–Trinajstić information content (AvgIpc) is 2.84. The van der Waals surface area contributed by atoms with Gasteiger partial charge < -0.3 is 19.9 Å². The van der Waals surface area contributed by atoms with Gasteiger partial charge in [0.1, 0.15) is 5.75 Å². The third-order valence-corrected chi connectivity index (χ3v) is 7.01. The minimum atomic E-state index is -0.235. The molecular weight excluding hydrogens is 598 g/mol. The van der Waals surface area contributed by atoms with Gasteiger partial charge in [-0.1, -0.05) is 27.5 Å². The van der Waals surface area contributed by atoms with Crippen LogP contribution in [0.1, 0.15) is 15.9 Å². The average molecular weight is 622 g/mol. The molecule has 9 heteroatoms. The topological polar surface area (TPSA) is 61.9 Å². The summed E-state index contributed by atoms with van der Waals surface area (Å²) < 4.78 is 7.44. The van der Waals surface area contributed by atoms with Crippen molar-refractivity contribution in [3.8, 4) is 5.75 Å². The number of anilines is 2. The Morgan fingerprint density at radius 2 is 1.63 bits per heavy atom. The summed E-state index contributed by atoms with van der Waals surface area (Å²) in [5, 5.41) is 3.48. The quantitative estimate of drug-likeness (QED) is 0.359. The van der Waals surface area contributed by atoms with Gasteiger partial charge >= 0.3 is 0 Å². The Kier molecular flexibility index (Phi) is 8.36. The Morgan fingerprint density at radius 3 is 2.26 bits per heavy atom. The molecule has 3 aromatic rings. The van der Waals surface area contributed by atoms with Crippen molar-refractivity contribution < 1.29 is 14.3 Å². The predicted octanol–water partition coefficient (Wildman–Crippen LogP) is 6.15. The molecule has 4 rings (SSSR count). The van der Waals surface area contributed by atoms with Gasteiger partial charge in [0.05, 0.1) is 4.47 Å². The maximum Gasteiger partial charge on any atom is 0.262 e. The van der Waals surface area contributed by atoms with Gasteiger partial charge in [-0.3, -0.25) is 9.59 Å². The van der Waals surface area contributed by atoms with Crippen LogP contribution in [0.5, 0.6) is 5.75 Å². The number of benzene rings is 3. The number of carbonyl (C=O) groups is 2. The maximum atomic E-state index is 12.7. The highest BCUT2D eigenvalue weighted by molar-refractivity contribution is 9.11. The van der Waals surface area contributed by atoms with Crippen molar-refractivity contribution >= 4 is 66.6 Å². The van der Waals surface area contributed by atoms with Crippen molar-refractivity contribution in [3.05, 3.63) is 85.8 Å². The highest BCUT2D eigenvalue weighted by atomic mass is 79.9. The second-order valence-corrected chi connectivity index (χ2v) is 10.4. The Morgan fingerprint density at radius 1 is 0.971 bits per heavy atom. The van der Waals surface area contributed by atoms with Crippen LogP contribution in [0, 0.1) is 6.92 Å². The lowest BCUT2D eigenvalue weighted by atomic mass is 10.1. The molecule has 0 spiro atoms. The molecule has 0 atom stereocenters. The molecule has 6 nitrogen and oxygen atoms in total. The van der Waals surface area contributed by atoms with Gasteiger partial charge in [0.15, 0.2) is 6.61 Å². The Hall–Kier alpha value is -2.55. The second kappa shape index (κ2) is 11.5. The standard InChI is InChI=1S/C26H24Br2ClN3O3/c1-17-14-19(27)15-23(28)25(17)35-16-24(33)30-21-6-8-22(9-7-21)31-10-12-32(13-11-31)26(34)18-2-4-20(29)5-3-18/h2-9,14-15H,10-13,16H2,1H3,(H,30,33). The minimum Gasteiger partial charge on any atom is -0.482 e. The Labute approximate surface area is 226 Å². The van der Waals surface area contributed by atoms with Crippen LogP contribution in [0.25, 0.3) is 0 Å². The number of halogens is 3. The zero-order valence-corrected chi connectivity index (χ0v) is 23.0. The van der Waals surface area contributed by atoms with Gasteiger partial charge in [-0.25, -0.2) is 0 Å². The molecular formula is C26H24Br2ClN3O3. The number of aryl methyl sites for hydroxylation is 1. The highest BCUT2D eigenvalue weighted by Crippen LogP contribution is 2.32. The number of nitrogens with zero attached hydrogens (tertiary/aromatic N) is 2. The first-order valence-electron chi connectivity index (χ1n) is 11.1. The molecule has 35 heavy (non-hydrogen) atoms. The van der Waals surface area contributed by atoms with Crippen molar-refractivity contribution in [3.63, 3.8) is 0 Å². The van der Waals surface area contributed by atoms with E-state index in [1.54, 1.807) is 24.3 Å². The SMILES string of the molecule is Cc1cc(Br)cc(Br)c1OCC(=O)Nc1ccc(N2CCN(C(=O)c3ccc(Cl)cc3)CC2)cc1. The zero-order valence-electron chi connectivity index (χ0n) is 19.1. The van der Waals surface area contributed by atoms with E-state index in [1.807, 2.05) is 48.2 Å². The first-order valence-corrected chi connectivity index (χ1v) is 13.0. The van der Waals surface area contributed by atoms with E-state index in [1.165, 1.54) is 0 Å². The van der Waals surface area contributed by atoms with Crippen molar-refractivity contribution in [1.29, 1.82) is 0 Å². The molecule has 2 amide bonds. The molecule has 0 aromatic heterocycles. The van der Waals surface area contributed by atoms with Crippen LogP contribution in [-0.4, -0.2) is 49.5 Å². The normalized spacial score (nSPS) is 13.5. The Bertz CT molecular complexity index is 1190. The van der Waals surface area contributed by atoms with Gasteiger partial charge in [-0.05, 0) is 89.1 Å². The van der Waals surface area contributed by atoms with Crippen LogP contribution in [0.2, 0.25) is 5.02 Å². The summed E-state index contributed by atoms with van der Waals surface area (Å²) in [4.78, 5) is 29.2. The van der Waals surface area contributed by atoms with Crippen LogP contribution in [0.3, 0.4) is 0 Å². The van der Waals surface area contributed by atoms with Crippen molar-refractivity contribution in [2.75, 3.05) is 43.0 Å². The third kappa shape index (κ3) is 6.57. The summed E-state index contributed by atoms with van der Waals surface area (Å²) in [5.41, 5.74) is 3.32. The fourth-order valence-electron chi connectivity index (χ4n) is 3.90. The first-order chi connectivity index (χ1) is 16.8. The van der Waals surface area contributed by atoms with Gasteiger partial charge in [0, 0.05) is 52.6 Å². The number of rotatable bonds is 6. The number of amides is 2. The monoisotopic (exact) mass is 619 g/mol. The van der Waals surface area contributed by atoms with Gasteiger partial charge in [0.2, 0.25) is 0 Å². The molecule has 182 valence electrons. The number of hydrogen-bond donors (Lipinski definition) is 1. The summed E-state index contributed by atoms with van der Waals surface area (Å²) in [5.74, 6) is 0.431. The number of hydrogen-bond acceptors (Lipinski definition) is 4. The molecule has 0 aliphatic carbocycles. The molecule has 1 N–H and O–H groups in total. The summed E-state index contributed by atoms with van der Waals surface area (Å²) in [6.45, 7) is 4.59. The van der Waals surface area contributed by atoms with E-state index in [4.69, 9.17) is 16.3 Å². The highest BCUT2D eigenvalue weighted by Gasteiger charge is 2.22. The van der Waals surface area contributed by atoms with Crippen LogP contribution >= 0.6 is 43.5 Å². The molecule has 1 fully saturated rings. The van der Waals surface area contributed by atoms with E-state index in [9.17, 15) is 9.59 Å². The number of carbonyl (C=O) groups excluding carboxylic acids is 2. The van der Waals surface area contributed by atoms with E-state index in [0.717, 1.165) is 33.3 Å². The summed E-state index contributed by atoms with van der Waals surface area (Å²) >= 11 is 12.8. The molecule has 1 saturated heterocycles. The Balaban J connectivity index is 1.27. The molecule has 0 bridgehead atoms. The second-order valence-electron chi connectivity index (χ2n) is 8.20. The van der Waals surface area contributed by atoms with Crippen LogP contribution < -0.4 is 15.0 Å². The number of piperazine rings is 1. The van der Waals surface area contributed by atoms with Crippen LogP contribution in [0.15, 0.2) is 69.6 Å². The molecule has 1 aliphatic heterocycles. The van der Waals surface area contributed by atoms with E-state index >= 15 is 0 Å². The number of nitrogens with one attached hydrogen (secondary N) is 1. The predicted molar refractivity (Wildman–Crippen MR) is 147 cm³/mol. The fourth-order valence-corrected chi connectivity index (χ4v) is 5.58. The molecule has 0 radical (unpaired) electrons. The lowest BCUT2D eigenvalue weighted by Gasteiger charge is -2.36. The summed E-state index contributed by atoms with van der Waals surface area (Å²) in [6.07, 6.45) is 0. The molecule has 0 unspecified atom stereocenters. The van der Waals surface area contributed by atoms with Crippen LogP contribution in [0.4, 0.5) is 11.4 Å². The molecule has 0 saturated carbocycles. The van der Waals surface area contributed by atoms with E-state index < -0.39 is 0 Å². The van der Waals surface area contributed by atoms with E-state index in [-0.39, 0.29) is 18.4 Å². The van der Waals surface area contributed by atoms with Gasteiger partial charge in [-0.2, -0.15) is 0 Å². The third-order valence-electron chi connectivity index (χ3n) is 5.72. The zero-order chi connectivity index (χ0) is 24.9. The lowest BCUT2D eigenvalue weighted by molar-refractivity contribution is -0.118. The molecule has 1 heterocycles.